The van der Waals surface area contributed by atoms with Crippen molar-refractivity contribution >= 4 is 0 Å². The van der Waals surface area contributed by atoms with E-state index in [9.17, 15) is 5.11 Å². The van der Waals surface area contributed by atoms with E-state index in [1.165, 1.54) is 0 Å². The Morgan fingerprint density at radius 3 is 2.88 bits per heavy atom. The van der Waals surface area contributed by atoms with Crippen LogP contribution in [0.25, 0.3) is 0 Å². The Kier molecular flexibility index (Phi) is 3.93. The molecule has 0 aliphatic carbocycles. The third-order valence-corrected chi connectivity index (χ3v) is 3.01. The van der Waals surface area contributed by atoms with Crippen molar-refractivity contribution in [2.24, 2.45) is 0 Å². The van der Waals surface area contributed by atoms with Gasteiger partial charge in [0.15, 0.2) is 0 Å². The normalized spacial score (nSPS) is 24.2. The van der Waals surface area contributed by atoms with Gasteiger partial charge in [-0.05, 0) is 12.6 Å². The predicted octanol–water partition coefficient (Wildman–Crippen LogP) is 0.921. The van der Waals surface area contributed by atoms with Crippen LogP contribution in [0.3, 0.4) is 0 Å². The summed E-state index contributed by atoms with van der Waals surface area (Å²) in [6, 6.07) is 10.1. The molecule has 0 spiro atoms. The fraction of sp³-hybridized carbons (Fsp3) is 0.538. The van der Waals surface area contributed by atoms with Crippen molar-refractivity contribution in [1.29, 1.82) is 0 Å². The van der Waals surface area contributed by atoms with E-state index in [0.717, 1.165) is 18.7 Å². The van der Waals surface area contributed by atoms with Crippen LogP contribution in [0.1, 0.15) is 5.56 Å². The lowest BCUT2D eigenvalue weighted by molar-refractivity contribution is -0.0823. The number of rotatable bonds is 3. The molecule has 1 aliphatic heterocycles. The van der Waals surface area contributed by atoms with Gasteiger partial charge in [0.2, 0.25) is 0 Å². The average Bonchev–Trinajstić information content (AvgIpc) is 2.30. The number of benzene rings is 1. The van der Waals surface area contributed by atoms with Crippen LogP contribution in [-0.4, -0.2) is 49.0 Å². The highest BCUT2D eigenvalue weighted by molar-refractivity contribution is 5.15. The van der Waals surface area contributed by atoms with E-state index in [4.69, 9.17) is 4.74 Å². The van der Waals surface area contributed by atoms with Gasteiger partial charge in [-0.3, -0.25) is 0 Å². The summed E-state index contributed by atoms with van der Waals surface area (Å²) in [6.45, 7) is 2.48. The smallest absolute Gasteiger partial charge is 0.0964 e. The number of likely N-dealkylation sites (N-methyl/N-ethyl adjacent to an activating group) is 1. The SMILES string of the molecule is CN1CCOC(C(O)Cc2ccccc2)C1. The molecule has 3 heteroatoms. The number of ether oxygens (including phenoxy) is 1. The van der Waals surface area contributed by atoms with Crippen LogP contribution in [0.5, 0.6) is 0 Å². The van der Waals surface area contributed by atoms with Crippen LogP contribution in [0.15, 0.2) is 30.3 Å². The van der Waals surface area contributed by atoms with Crippen molar-refractivity contribution in [2.75, 3.05) is 26.7 Å². The molecule has 1 saturated heterocycles. The molecule has 1 aromatic carbocycles. The zero-order valence-corrected chi connectivity index (χ0v) is 9.67. The third kappa shape index (κ3) is 3.04. The van der Waals surface area contributed by atoms with E-state index in [1.807, 2.05) is 30.3 Å². The molecule has 0 bridgehead atoms. The first-order chi connectivity index (χ1) is 7.75. The molecule has 3 nitrogen and oxygen atoms in total. The zero-order valence-electron chi connectivity index (χ0n) is 9.67. The molecule has 2 rings (SSSR count). The number of morpholine rings is 1. The van der Waals surface area contributed by atoms with Crippen molar-refractivity contribution in [3.8, 4) is 0 Å². The highest BCUT2D eigenvalue weighted by atomic mass is 16.5. The minimum absolute atomic E-state index is 0.0565. The Morgan fingerprint density at radius 1 is 1.44 bits per heavy atom. The lowest BCUT2D eigenvalue weighted by atomic mass is 10.0. The maximum atomic E-state index is 10.1. The monoisotopic (exact) mass is 221 g/mol. The third-order valence-electron chi connectivity index (χ3n) is 3.01. The van der Waals surface area contributed by atoms with E-state index in [2.05, 4.69) is 11.9 Å². The van der Waals surface area contributed by atoms with Gasteiger partial charge in [0.1, 0.15) is 0 Å². The molecule has 1 N–H and O–H groups in total. The number of aliphatic hydroxyl groups excluding tert-OH is 1. The van der Waals surface area contributed by atoms with Gasteiger partial charge in [-0.25, -0.2) is 0 Å². The van der Waals surface area contributed by atoms with Crippen LogP contribution in [0.2, 0.25) is 0 Å². The number of hydrogen-bond acceptors (Lipinski definition) is 3. The standard InChI is InChI=1S/C13H19NO2/c1-14-7-8-16-13(10-14)12(15)9-11-5-3-2-4-6-11/h2-6,12-13,15H,7-10H2,1H3. The molecule has 2 unspecified atom stereocenters. The fourth-order valence-corrected chi connectivity index (χ4v) is 2.03. The molecule has 1 aliphatic rings. The van der Waals surface area contributed by atoms with Gasteiger partial charge >= 0.3 is 0 Å². The molecule has 0 saturated carbocycles. The molecular weight excluding hydrogens is 202 g/mol. The maximum absolute atomic E-state index is 10.1. The summed E-state index contributed by atoms with van der Waals surface area (Å²) >= 11 is 0. The number of aliphatic hydroxyl groups is 1. The molecule has 1 fully saturated rings. The lowest BCUT2D eigenvalue weighted by Crippen LogP contribution is -2.46. The van der Waals surface area contributed by atoms with Crippen LogP contribution in [0.4, 0.5) is 0 Å². The van der Waals surface area contributed by atoms with Gasteiger partial charge in [0.05, 0.1) is 18.8 Å². The van der Waals surface area contributed by atoms with Crippen LogP contribution < -0.4 is 0 Å². The zero-order chi connectivity index (χ0) is 11.4. The van der Waals surface area contributed by atoms with Gasteiger partial charge in [0, 0.05) is 19.5 Å². The Hall–Kier alpha value is -0.900. The first-order valence-corrected chi connectivity index (χ1v) is 5.78. The summed E-state index contributed by atoms with van der Waals surface area (Å²) in [6.07, 6.45) is 0.198. The first-order valence-electron chi connectivity index (χ1n) is 5.78. The van der Waals surface area contributed by atoms with E-state index in [1.54, 1.807) is 0 Å². The minimum atomic E-state index is -0.412. The van der Waals surface area contributed by atoms with Gasteiger partial charge in [-0.2, -0.15) is 0 Å². The molecule has 1 heterocycles. The maximum Gasteiger partial charge on any atom is 0.0964 e. The van der Waals surface area contributed by atoms with E-state index < -0.39 is 6.10 Å². The summed E-state index contributed by atoms with van der Waals surface area (Å²) < 4.78 is 5.59. The fourth-order valence-electron chi connectivity index (χ4n) is 2.03. The van der Waals surface area contributed by atoms with Crippen molar-refractivity contribution in [3.05, 3.63) is 35.9 Å². The summed E-state index contributed by atoms with van der Waals surface area (Å²) in [4.78, 5) is 2.20. The number of nitrogens with zero attached hydrogens (tertiary/aromatic N) is 1. The van der Waals surface area contributed by atoms with Gasteiger partial charge < -0.3 is 14.7 Å². The van der Waals surface area contributed by atoms with Crippen LogP contribution in [-0.2, 0) is 11.2 Å². The Bertz CT molecular complexity index is 315. The van der Waals surface area contributed by atoms with Crippen molar-refractivity contribution < 1.29 is 9.84 Å². The highest BCUT2D eigenvalue weighted by Crippen LogP contribution is 2.12. The van der Waals surface area contributed by atoms with E-state index in [-0.39, 0.29) is 6.10 Å². The van der Waals surface area contributed by atoms with E-state index >= 15 is 0 Å². The molecule has 1 aromatic rings. The van der Waals surface area contributed by atoms with Gasteiger partial charge in [0.25, 0.3) is 0 Å². The molecular formula is C13H19NO2. The Morgan fingerprint density at radius 2 is 2.19 bits per heavy atom. The molecule has 0 radical (unpaired) electrons. The quantitative estimate of drug-likeness (QED) is 0.824. The molecule has 88 valence electrons. The summed E-state index contributed by atoms with van der Waals surface area (Å²) in [5.41, 5.74) is 1.16. The molecule has 2 atom stereocenters. The Labute approximate surface area is 96.6 Å². The molecule has 0 amide bonds. The van der Waals surface area contributed by atoms with Crippen LogP contribution >= 0.6 is 0 Å². The minimum Gasteiger partial charge on any atom is -0.390 e. The lowest BCUT2D eigenvalue weighted by Gasteiger charge is -2.32. The first kappa shape index (κ1) is 11.6. The summed E-state index contributed by atoms with van der Waals surface area (Å²) in [7, 11) is 2.06. The second-order valence-corrected chi connectivity index (χ2v) is 4.43. The van der Waals surface area contributed by atoms with Gasteiger partial charge in [-0.1, -0.05) is 30.3 Å². The Balaban J connectivity index is 1.90. The largest absolute Gasteiger partial charge is 0.390 e. The van der Waals surface area contributed by atoms with Gasteiger partial charge in [-0.15, -0.1) is 0 Å². The average molecular weight is 221 g/mol. The topological polar surface area (TPSA) is 32.7 Å². The molecule has 0 aromatic heterocycles. The number of hydrogen-bond donors (Lipinski definition) is 1. The second kappa shape index (κ2) is 5.43. The highest BCUT2D eigenvalue weighted by Gasteiger charge is 2.25. The predicted molar refractivity (Wildman–Crippen MR) is 63.4 cm³/mol. The van der Waals surface area contributed by atoms with Crippen molar-refractivity contribution in [2.45, 2.75) is 18.6 Å². The summed E-state index contributed by atoms with van der Waals surface area (Å²) in [5, 5.41) is 10.1. The van der Waals surface area contributed by atoms with Crippen molar-refractivity contribution in [3.63, 3.8) is 0 Å². The summed E-state index contributed by atoms with van der Waals surface area (Å²) in [5.74, 6) is 0. The molecule has 16 heavy (non-hydrogen) atoms. The van der Waals surface area contributed by atoms with Crippen LogP contribution in [0, 0.1) is 0 Å². The second-order valence-electron chi connectivity index (χ2n) is 4.43. The van der Waals surface area contributed by atoms with Crippen molar-refractivity contribution in [1.82, 2.24) is 4.90 Å². The van der Waals surface area contributed by atoms with E-state index in [0.29, 0.717) is 13.0 Å².